The minimum atomic E-state index is 0.293. The zero-order chi connectivity index (χ0) is 12.0. The third-order valence-electron chi connectivity index (χ3n) is 3.25. The van der Waals surface area contributed by atoms with E-state index in [0.29, 0.717) is 6.61 Å². The van der Waals surface area contributed by atoms with Crippen LogP contribution in [-0.2, 0) is 25.7 Å². The molecule has 1 aromatic rings. The second-order valence-corrected chi connectivity index (χ2v) is 4.28. The third kappa shape index (κ3) is 3.08. The van der Waals surface area contributed by atoms with Gasteiger partial charge in [0.25, 0.3) is 0 Å². The first-order valence-electron chi connectivity index (χ1n) is 6.51. The van der Waals surface area contributed by atoms with Crippen molar-refractivity contribution in [1.29, 1.82) is 0 Å². The van der Waals surface area contributed by atoms with Crippen LogP contribution in [0.5, 0.6) is 0 Å². The van der Waals surface area contributed by atoms with Gasteiger partial charge >= 0.3 is 0 Å². The van der Waals surface area contributed by atoms with Crippen LogP contribution in [0.2, 0.25) is 0 Å². The summed E-state index contributed by atoms with van der Waals surface area (Å²) >= 11 is 0. The second kappa shape index (κ2) is 6.70. The molecule has 0 atom stereocenters. The van der Waals surface area contributed by atoms with Gasteiger partial charge in [-0.2, -0.15) is 0 Å². The molecule has 0 radical (unpaired) electrons. The highest BCUT2D eigenvalue weighted by Gasteiger charge is 2.08. The van der Waals surface area contributed by atoms with E-state index in [1.165, 1.54) is 22.3 Å². The molecule has 0 bridgehead atoms. The van der Waals surface area contributed by atoms with Gasteiger partial charge in [-0.3, -0.25) is 0 Å². The Kier molecular flexibility index (Phi) is 5.54. The highest BCUT2D eigenvalue weighted by Crippen LogP contribution is 2.21. The van der Waals surface area contributed by atoms with E-state index in [1.54, 1.807) is 0 Å². The molecule has 0 fully saturated rings. The van der Waals surface area contributed by atoms with Gasteiger partial charge in [-0.1, -0.05) is 32.9 Å². The molecule has 90 valence electrons. The Labute approximate surface area is 99.5 Å². The predicted molar refractivity (Wildman–Crippen MR) is 70.0 cm³/mol. The van der Waals surface area contributed by atoms with Gasteiger partial charge < -0.3 is 5.11 Å². The minimum Gasteiger partial charge on any atom is -0.396 e. The number of aliphatic hydroxyl groups is 1. The van der Waals surface area contributed by atoms with Crippen molar-refractivity contribution in [3.05, 3.63) is 34.4 Å². The minimum absolute atomic E-state index is 0.293. The Hall–Kier alpha value is -0.820. The summed E-state index contributed by atoms with van der Waals surface area (Å²) < 4.78 is 0. The maximum atomic E-state index is 8.96. The highest BCUT2D eigenvalue weighted by molar-refractivity contribution is 5.39. The quantitative estimate of drug-likeness (QED) is 0.780. The lowest BCUT2D eigenvalue weighted by molar-refractivity contribution is 0.288. The highest BCUT2D eigenvalue weighted by atomic mass is 16.2. The van der Waals surface area contributed by atoms with Gasteiger partial charge in [-0.15, -0.1) is 0 Å². The summed E-state index contributed by atoms with van der Waals surface area (Å²) in [5.41, 5.74) is 5.88. The average Bonchev–Trinajstić information content (AvgIpc) is 2.35. The summed E-state index contributed by atoms with van der Waals surface area (Å²) in [6.07, 6.45) is 5.21. The Morgan fingerprint density at radius 1 is 0.938 bits per heavy atom. The summed E-state index contributed by atoms with van der Waals surface area (Å²) in [4.78, 5) is 0. The normalized spacial score (nSPS) is 10.8. The molecule has 0 spiro atoms. The summed E-state index contributed by atoms with van der Waals surface area (Å²) in [7, 11) is 0. The van der Waals surface area contributed by atoms with Gasteiger partial charge in [0.1, 0.15) is 0 Å². The van der Waals surface area contributed by atoms with E-state index in [-0.39, 0.29) is 0 Å². The van der Waals surface area contributed by atoms with Crippen molar-refractivity contribution < 1.29 is 5.11 Å². The number of hydrogen-bond acceptors (Lipinski definition) is 1. The predicted octanol–water partition coefficient (Wildman–Crippen LogP) is 3.30. The van der Waals surface area contributed by atoms with Gasteiger partial charge in [-0.05, 0) is 54.4 Å². The maximum absolute atomic E-state index is 8.96. The zero-order valence-electron chi connectivity index (χ0n) is 10.8. The molecule has 0 heterocycles. The number of rotatable bonds is 6. The number of hydrogen-bond donors (Lipinski definition) is 1. The van der Waals surface area contributed by atoms with Crippen molar-refractivity contribution in [2.24, 2.45) is 0 Å². The molecular formula is C15H24O. The molecule has 1 aromatic carbocycles. The first-order chi connectivity index (χ1) is 7.76. The molecule has 0 aromatic heterocycles. The zero-order valence-corrected chi connectivity index (χ0v) is 10.8. The Balaban J connectivity index is 3.09. The largest absolute Gasteiger partial charge is 0.396 e. The van der Waals surface area contributed by atoms with Gasteiger partial charge in [0, 0.05) is 6.61 Å². The first kappa shape index (κ1) is 13.2. The Bertz CT molecular complexity index is 303. The smallest absolute Gasteiger partial charge is 0.0434 e. The SMILES string of the molecule is CCc1cc(CC)c(CCCO)c(CC)c1. The molecule has 1 nitrogen and oxygen atoms in total. The van der Waals surface area contributed by atoms with Gasteiger partial charge in [0.15, 0.2) is 0 Å². The van der Waals surface area contributed by atoms with Crippen LogP contribution < -0.4 is 0 Å². The van der Waals surface area contributed by atoms with Crippen LogP contribution >= 0.6 is 0 Å². The van der Waals surface area contributed by atoms with Crippen LogP contribution in [0.15, 0.2) is 12.1 Å². The molecule has 0 aliphatic heterocycles. The molecule has 16 heavy (non-hydrogen) atoms. The molecule has 1 N–H and O–H groups in total. The lowest BCUT2D eigenvalue weighted by Crippen LogP contribution is -2.02. The van der Waals surface area contributed by atoms with Gasteiger partial charge in [-0.25, -0.2) is 0 Å². The summed E-state index contributed by atoms with van der Waals surface area (Å²) in [5, 5.41) is 8.96. The van der Waals surface area contributed by atoms with E-state index in [0.717, 1.165) is 32.1 Å². The Morgan fingerprint density at radius 3 is 1.88 bits per heavy atom. The van der Waals surface area contributed by atoms with E-state index in [1.807, 2.05) is 0 Å². The summed E-state index contributed by atoms with van der Waals surface area (Å²) in [6, 6.07) is 4.68. The fraction of sp³-hybridized carbons (Fsp3) is 0.600. The number of benzene rings is 1. The monoisotopic (exact) mass is 220 g/mol. The number of aliphatic hydroxyl groups excluding tert-OH is 1. The van der Waals surface area contributed by atoms with Crippen molar-refractivity contribution >= 4 is 0 Å². The molecule has 0 aliphatic rings. The van der Waals surface area contributed by atoms with Crippen LogP contribution in [0.4, 0.5) is 0 Å². The molecule has 0 unspecified atom stereocenters. The van der Waals surface area contributed by atoms with Crippen LogP contribution in [0.1, 0.15) is 49.4 Å². The van der Waals surface area contributed by atoms with Crippen LogP contribution in [0.3, 0.4) is 0 Å². The molecule has 0 saturated carbocycles. The maximum Gasteiger partial charge on any atom is 0.0434 e. The van der Waals surface area contributed by atoms with Crippen LogP contribution in [0.25, 0.3) is 0 Å². The third-order valence-corrected chi connectivity index (χ3v) is 3.25. The number of aryl methyl sites for hydroxylation is 3. The Morgan fingerprint density at radius 2 is 1.50 bits per heavy atom. The first-order valence-corrected chi connectivity index (χ1v) is 6.51. The van der Waals surface area contributed by atoms with Crippen molar-refractivity contribution in [3.8, 4) is 0 Å². The van der Waals surface area contributed by atoms with Crippen molar-refractivity contribution in [1.82, 2.24) is 0 Å². The fourth-order valence-electron chi connectivity index (χ4n) is 2.28. The van der Waals surface area contributed by atoms with Crippen LogP contribution in [0, 0.1) is 0 Å². The topological polar surface area (TPSA) is 20.2 Å². The van der Waals surface area contributed by atoms with E-state index >= 15 is 0 Å². The summed E-state index contributed by atoms with van der Waals surface area (Å²) in [5.74, 6) is 0. The van der Waals surface area contributed by atoms with Crippen LogP contribution in [-0.4, -0.2) is 11.7 Å². The van der Waals surface area contributed by atoms with E-state index in [4.69, 9.17) is 5.11 Å². The van der Waals surface area contributed by atoms with E-state index in [2.05, 4.69) is 32.9 Å². The lowest BCUT2D eigenvalue weighted by Gasteiger charge is -2.15. The molecule has 0 amide bonds. The average molecular weight is 220 g/mol. The van der Waals surface area contributed by atoms with Crippen molar-refractivity contribution in [2.75, 3.05) is 6.61 Å². The van der Waals surface area contributed by atoms with E-state index in [9.17, 15) is 0 Å². The van der Waals surface area contributed by atoms with E-state index < -0.39 is 0 Å². The van der Waals surface area contributed by atoms with Crippen molar-refractivity contribution in [2.45, 2.75) is 52.9 Å². The van der Waals surface area contributed by atoms with Gasteiger partial charge in [0.2, 0.25) is 0 Å². The second-order valence-electron chi connectivity index (χ2n) is 4.28. The molecule has 0 saturated heterocycles. The van der Waals surface area contributed by atoms with Crippen molar-refractivity contribution in [3.63, 3.8) is 0 Å². The molecule has 0 aliphatic carbocycles. The standard InChI is InChI=1S/C15H24O/c1-4-12-10-13(5-2)15(8-7-9-16)14(6-3)11-12/h10-11,16H,4-9H2,1-3H3. The summed E-state index contributed by atoms with van der Waals surface area (Å²) in [6.45, 7) is 6.94. The fourth-order valence-corrected chi connectivity index (χ4v) is 2.28. The van der Waals surface area contributed by atoms with Gasteiger partial charge in [0.05, 0.1) is 0 Å². The molecule has 1 rings (SSSR count). The molecule has 1 heteroatoms. The molecular weight excluding hydrogens is 196 g/mol. The lowest BCUT2D eigenvalue weighted by atomic mass is 9.91.